The van der Waals surface area contributed by atoms with Gasteiger partial charge in [-0.15, -0.1) is 24.0 Å². The first kappa shape index (κ1) is 18.0. The van der Waals surface area contributed by atoms with Crippen molar-refractivity contribution in [3.05, 3.63) is 0 Å². The van der Waals surface area contributed by atoms with Crippen molar-refractivity contribution in [1.82, 2.24) is 5.32 Å². The van der Waals surface area contributed by atoms with E-state index in [1.165, 1.54) is 32.1 Å². The van der Waals surface area contributed by atoms with Gasteiger partial charge in [-0.25, -0.2) is 0 Å². The van der Waals surface area contributed by atoms with E-state index in [1.54, 1.807) is 0 Å². The van der Waals surface area contributed by atoms with E-state index in [0.29, 0.717) is 11.4 Å². The summed E-state index contributed by atoms with van der Waals surface area (Å²) in [5.41, 5.74) is 6.16. The molecule has 0 aromatic rings. The summed E-state index contributed by atoms with van der Waals surface area (Å²) in [6, 6.07) is 0. The van der Waals surface area contributed by atoms with Gasteiger partial charge in [-0.3, -0.25) is 4.99 Å². The minimum Gasteiger partial charge on any atom is -0.370 e. The first-order valence-corrected chi connectivity index (χ1v) is 7.10. The van der Waals surface area contributed by atoms with Gasteiger partial charge in [-0.1, -0.05) is 40.0 Å². The maximum Gasteiger partial charge on any atom is 0.188 e. The summed E-state index contributed by atoms with van der Waals surface area (Å²) in [5, 5.41) is 3.17. The quantitative estimate of drug-likeness (QED) is 0.327. The highest BCUT2D eigenvalue weighted by Gasteiger charge is 2.31. The Kier molecular flexibility index (Phi) is 8.99. The molecule has 18 heavy (non-hydrogen) atoms. The van der Waals surface area contributed by atoms with Crippen LogP contribution in [-0.4, -0.2) is 19.0 Å². The van der Waals surface area contributed by atoms with Gasteiger partial charge in [-0.05, 0) is 30.6 Å². The molecule has 0 saturated heterocycles. The van der Waals surface area contributed by atoms with E-state index in [9.17, 15) is 0 Å². The van der Waals surface area contributed by atoms with Crippen molar-refractivity contribution >= 4 is 29.9 Å². The molecule has 4 heteroatoms. The van der Waals surface area contributed by atoms with Crippen LogP contribution < -0.4 is 11.1 Å². The minimum atomic E-state index is 0. The lowest BCUT2D eigenvalue weighted by atomic mass is 9.78. The summed E-state index contributed by atoms with van der Waals surface area (Å²) in [4.78, 5) is 4.50. The number of hydrogen-bond acceptors (Lipinski definition) is 1. The Hall–Kier alpha value is 0. The molecule has 108 valence electrons. The van der Waals surface area contributed by atoms with Crippen LogP contribution in [0.5, 0.6) is 0 Å². The smallest absolute Gasteiger partial charge is 0.188 e. The topological polar surface area (TPSA) is 50.4 Å². The highest BCUT2D eigenvalue weighted by atomic mass is 127. The molecule has 1 rings (SSSR count). The normalized spacial score (nSPS) is 17.6. The average Bonchev–Trinajstić information content (AvgIpc) is 2.81. The highest BCUT2D eigenvalue weighted by Crippen LogP contribution is 2.39. The third-order valence-electron chi connectivity index (χ3n) is 3.95. The van der Waals surface area contributed by atoms with Gasteiger partial charge >= 0.3 is 0 Å². The van der Waals surface area contributed by atoms with Gasteiger partial charge in [0.15, 0.2) is 5.96 Å². The van der Waals surface area contributed by atoms with Crippen LogP contribution in [-0.2, 0) is 0 Å². The second kappa shape index (κ2) is 8.99. The summed E-state index contributed by atoms with van der Waals surface area (Å²) in [7, 11) is 0. The molecule has 0 bridgehead atoms. The Morgan fingerprint density at radius 2 is 1.94 bits per heavy atom. The third-order valence-corrected chi connectivity index (χ3v) is 3.95. The molecule has 3 N–H and O–H groups in total. The number of nitrogens with two attached hydrogens (primary N) is 1. The monoisotopic (exact) mass is 367 g/mol. The van der Waals surface area contributed by atoms with Crippen molar-refractivity contribution in [2.75, 3.05) is 13.1 Å². The number of aliphatic imine (C=N–C) groups is 1. The largest absolute Gasteiger partial charge is 0.370 e. The lowest BCUT2D eigenvalue weighted by Gasteiger charge is -2.29. The molecule has 3 nitrogen and oxygen atoms in total. The predicted molar refractivity (Wildman–Crippen MR) is 90.6 cm³/mol. The summed E-state index contributed by atoms with van der Waals surface area (Å²) in [6.07, 6.45) is 7.86. The number of nitrogens with one attached hydrogen (secondary N) is 1. The van der Waals surface area contributed by atoms with Gasteiger partial charge in [0, 0.05) is 13.1 Å². The average molecular weight is 367 g/mol. The van der Waals surface area contributed by atoms with Crippen LogP contribution >= 0.6 is 24.0 Å². The Morgan fingerprint density at radius 3 is 2.50 bits per heavy atom. The fraction of sp³-hybridized carbons (Fsp3) is 0.929. The molecule has 1 saturated carbocycles. The molecular weight excluding hydrogens is 337 g/mol. The second-order valence-electron chi connectivity index (χ2n) is 5.95. The minimum absolute atomic E-state index is 0. The van der Waals surface area contributed by atoms with E-state index in [0.717, 1.165) is 25.4 Å². The summed E-state index contributed by atoms with van der Waals surface area (Å²) < 4.78 is 0. The van der Waals surface area contributed by atoms with Gasteiger partial charge in [0.25, 0.3) is 0 Å². The zero-order chi connectivity index (χ0) is 12.7. The van der Waals surface area contributed by atoms with Gasteiger partial charge in [0.2, 0.25) is 0 Å². The zero-order valence-electron chi connectivity index (χ0n) is 12.2. The van der Waals surface area contributed by atoms with E-state index in [4.69, 9.17) is 5.73 Å². The fourth-order valence-electron chi connectivity index (χ4n) is 2.57. The lowest BCUT2D eigenvalue weighted by Crippen LogP contribution is -2.34. The van der Waals surface area contributed by atoms with Crippen LogP contribution in [0.25, 0.3) is 0 Å². The van der Waals surface area contributed by atoms with E-state index < -0.39 is 0 Å². The standard InChI is InChI=1S/C14H29N3.HI/c1-4-5-10-16-13(15)17-11-14(2,3)12-8-6-7-9-12;/h12H,4-11H2,1-3H3,(H3,15,16,17);1H. The van der Waals surface area contributed by atoms with E-state index in [-0.39, 0.29) is 24.0 Å². The Bertz CT molecular complexity index is 245. The van der Waals surface area contributed by atoms with Crippen LogP contribution in [0.2, 0.25) is 0 Å². The van der Waals surface area contributed by atoms with E-state index in [1.807, 2.05) is 0 Å². The molecule has 0 amide bonds. The summed E-state index contributed by atoms with van der Waals surface area (Å²) in [6.45, 7) is 8.62. The number of unbranched alkanes of at least 4 members (excludes halogenated alkanes) is 1. The molecule has 0 aliphatic heterocycles. The van der Waals surface area contributed by atoms with Crippen molar-refractivity contribution in [2.24, 2.45) is 22.1 Å². The van der Waals surface area contributed by atoms with Gasteiger partial charge in [0.05, 0.1) is 0 Å². The van der Waals surface area contributed by atoms with E-state index in [2.05, 4.69) is 31.1 Å². The number of halogens is 1. The van der Waals surface area contributed by atoms with Crippen LogP contribution in [0.3, 0.4) is 0 Å². The molecule has 1 aliphatic carbocycles. The van der Waals surface area contributed by atoms with Crippen molar-refractivity contribution in [2.45, 2.75) is 59.3 Å². The summed E-state index contributed by atoms with van der Waals surface area (Å²) >= 11 is 0. The van der Waals surface area contributed by atoms with Crippen molar-refractivity contribution < 1.29 is 0 Å². The SMILES string of the molecule is CCCCNC(N)=NCC(C)(C)C1CCCC1.I. The van der Waals surface area contributed by atoms with Crippen LogP contribution in [0.1, 0.15) is 59.3 Å². The molecule has 0 spiro atoms. The third kappa shape index (κ3) is 6.25. The molecule has 1 aliphatic rings. The fourth-order valence-corrected chi connectivity index (χ4v) is 2.57. The van der Waals surface area contributed by atoms with Gasteiger partial charge in [-0.2, -0.15) is 0 Å². The van der Waals surface area contributed by atoms with Crippen LogP contribution in [0, 0.1) is 11.3 Å². The maximum absolute atomic E-state index is 5.86. The Labute approximate surface area is 129 Å². The highest BCUT2D eigenvalue weighted by molar-refractivity contribution is 14.0. The Balaban J connectivity index is 0.00000289. The summed E-state index contributed by atoms with van der Waals surface area (Å²) in [5.74, 6) is 1.44. The molecule has 0 heterocycles. The molecule has 1 fully saturated rings. The van der Waals surface area contributed by atoms with E-state index >= 15 is 0 Å². The van der Waals surface area contributed by atoms with Crippen molar-refractivity contribution in [1.29, 1.82) is 0 Å². The molecule has 0 aromatic heterocycles. The number of rotatable bonds is 6. The first-order valence-electron chi connectivity index (χ1n) is 7.10. The first-order chi connectivity index (χ1) is 8.06. The molecular formula is C14H30IN3. The van der Waals surface area contributed by atoms with Crippen LogP contribution in [0.15, 0.2) is 4.99 Å². The molecule has 0 atom stereocenters. The number of nitrogens with zero attached hydrogens (tertiary/aromatic N) is 1. The predicted octanol–water partition coefficient (Wildman–Crippen LogP) is 3.53. The van der Waals surface area contributed by atoms with Gasteiger partial charge in [0.1, 0.15) is 0 Å². The Morgan fingerprint density at radius 1 is 1.33 bits per heavy atom. The maximum atomic E-state index is 5.86. The van der Waals surface area contributed by atoms with Crippen LogP contribution in [0.4, 0.5) is 0 Å². The number of hydrogen-bond donors (Lipinski definition) is 2. The number of guanidine groups is 1. The van der Waals surface area contributed by atoms with Crippen molar-refractivity contribution in [3.63, 3.8) is 0 Å². The molecule has 0 radical (unpaired) electrons. The molecule has 0 aromatic carbocycles. The second-order valence-corrected chi connectivity index (χ2v) is 5.95. The van der Waals surface area contributed by atoms with Gasteiger partial charge < -0.3 is 11.1 Å². The molecule has 0 unspecified atom stereocenters. The lowest BCUT2D eigenvalue weighted by molar-refractivity contribution is 0.228. The van der Waals surface area contributed by atoms with Crippen molar-refractivity contribution in [3.8, 4) is 0 Å². The zero-order valence-corrected chi connectivity index (χ0v) is 14.5.